The first kappa shape index (κ1) is 9.17. The molecule has 2 unspecified atom stereocenters. The van der Waals surface area contributed by atoms with Gasteiger partial charge in [-0.25, -0.2) is 4.98 Å². The number of hydrogen-bond donors (Lipinski definition) is 3. The van der Waals surface area contributed by atoms with Gasteiger partial charge in [-0.2, -0.15) is 4.98 Å². The minimum atomic E-state index is -0.736. The third-order valence-corrected chi connectivity index (χ3v) is 2.21. The van der Waals surface area contributed by atoms with Crippen LogP contribution in [0.4, 0.5) is 11.8 Å². The van der Waals surface area contributed by atoms with Gasteiger partial charge in [-0.3, -0.25) is 0 Å². The van der Waals surface area contributed by atoms with E-state index in [9.17, 15) is 10.2 Å². The van der Waals surface area contributed by atoms with Crippen molar-refractivity contribution in [3.63, 3.8) is 0 Å². The van der Waals surface area contributed by atoms with Crippen molar-refractivity contribution in [3.8, 4) is 0 Å². The number of aromatic nitrogens is 2. The molecule has 1 fully saturated rings. The van der Waals surface area contributed by atoms with E-state index in [0.717, 1.165) is 0 Å². The molecule has 0 aromatic carbocycles. The molecule has 0 aliphatic carbocycles. The first-order chi connectivity index (χ1) is 6.66. The van der Waals surface area contributed by atoms with Crippen LogP contribution in [0.5, 0.6) is 0 Å². The van der Waals surface area contributed by atoms with Crippen molar-refractivity contribution in [2.45, 2.75) is 12.2 Å². The Morgan fingerprint density at radius 3 is 2.57 bits per heavy atom. The van der Waals surface area contributed by atoms with Crippen molar-refractivity contribution in [1.29, 1.82) is 0 Å². The topological polar surface area (TPSA) is 95.5 Å². The Bertz CT molecular complexity index is 323. The third-order valence-electron chi connectivity index (χ3n) is 2.21. The number of hydrogen-bond acceptors (Lipinski definition) is 6. The zero-order valence-corrected chi connectivity index (χ0v) is 7.54. The summed E-state index contributed by atoms with van der Waals surface area (Å²) in [5.74, 6) is 0.825. The van der Waals surface area contributed by atoms with Crippen molar-refractivity contribution < 1.29 is 10.2 Å². The van der Waals surface area contributed by atoms with Gasteiger partial charge < -0.3 is 20.8 Å². The fraction of sp³-hybridized carbons (Fsp3) is 0.500. The summed E-state index contributed by atoms with van der Waals surface area (Å²) in [7, 11) is 0. The number of aliphatic hydroxyl groups is 2. The number of anilines is 2. The maximum absolute atomic E-state index is 9.32. The molecule has 14 heavy (non-hydrogen) atoms. The number of rotatable bonds is 1. The molecule has 2 heterocycles. The van der Waals surface area contributed by atoms with Crippen molar-refractivity contribution in [3.05, 3.63) is 12.3 Å². The second-order valence-corrected chi connectivity index (χ2v) is 3.32. The van der Waals surface area contributed by atoms with Gasteiger partial charge in [0.05, 0.1) is 12.2 Å². The van der Waals surface area contributed by atoms with Crippen LogP contribution in [0, 0.1) is 0 Å². The van der Waals surface area contributed by atoms with Crippen LogP contribution in [-0.4, -0.2) is 45.5 Å². The zero-order valence-electron chi connectivity index (χ0n) is 7.54. The van der Waals surface area contributed by atoms with Gasteiger partial charge in [-0.05, 0) is 6.07 Å². The van der Waals surface area contributed by atoms with E-state index in [4.69, 9.17) is 5.73 Å². The molecule has 0 spiro atoms. The van der Waals surface area contributed by atoms with Crippen molar-refractivity contribution in [1.82, 2.24) is 9.97 Å². The van der Waals surface area contributed by atoms with Crippen LogP contribution in [0.1, 0.15) is 0 Å². The number of aliphatic hydroxyl groups excluding tert-OH is 2. The van der Waals surface area contributed by atoms with E-state index in [1.807, 2.05) is 0 Å². The molecule has 2 atom stereocenters. The van der Waals surface area contributed by atoms with Crippen molar-refractivity contribution in [2.24, 2.45) is 0 Å². The molecule has 1 aliphatic rings. The average molecular weight is 196 g/mol. The molecule has 4 N–H and O–H groups in total. The van der Waals surface area contributed by atoms with E-state index in [1.54, 1.807) is 17.2 Å². The number of nitrogens with zero attached hydrogens (tertiary/aromatic N) is 3. The van der Waals surface area contributed by atoms with Gasteiger partial charge in [0.1, 0.15) is 5.82 Å². The second kappa shape index (κ2) is 3.39. The fourth-order valence-electron chi connectivity index (χ4n) is 1.45. The molecular weight excluding hydrogens is 184 g/mol. The van der Waals surface area contributed by atoms with Gasteiger partial charge in [0.2, 0.25) is 5.95 Å². The summed E-state index contributed by atoms with van der Waals surface area (Å²) < 4.78 is 0. The highest BCUT2D eigenvalue weighted by atomic mass is 16.3. The lowest BCUT2D eigenvalue weighted by atomic mass is 10.3. The number of β-amino-alcohol motifs (C(OH)–C–C–N with tert-alkyl or cyclic N) is 2. The lowest BCUT2D eigenvalue weighted by Gasteiger charge is -2.14. The smallest absolute Gasteiger partial charge is 0.227 e. The number of nitrogens with two attached hydrogens (primary N) is 1. The number of nitrogen functional groups attached to an aromatic ring is 1. The van der Waals surface area contributed by atoms with Crippen molar-refractivity contribution >= 4 is 11.8 Å². The molecule has 0 bridgehead atoms. The van der Waals surface area contributed by atoms with E-state index in [-0.39, 0.29) is 0 Å². The Labute approximate surface area is 81.0 Å². The van der Waals surface area contributed by atoms with Gasteiger partial charge in [0.25, 0.3) is 0 Å². The molecule has 1 aromatic rings. The summed E-state index contributed by atoms with van der Waals surface area (Å²) in [6.45, 7) is 0.676. The third kappa shape index (κ3) is 1.61. The second-order valence-electron chi connectivity index (χ2n) is 3.32. The summed E-state index contributed by atoms with van der Waals surface area (Å²) >= 11 is 0. The summed E-state index contributed by atoms with van der Waals surface area (Å²) in [6, 6.07) is 1.59. The van der Waals surface area contributed by atoms with Gasteiger partial charge in [-0.1, -0.05) is 0 Å². The molecule has 0 saturated carbocycles. The molecule has 1 saturated heterocycles. The lowest BCUT2D eigenvalue weighted by Crippen LogP contribution is -2.23. The zero-order chi connectivity index (χ0) is 10.1. The average Bonchev–Trinajstić information content (AvgIpc) is 2.47. The largest absolute Gasteiger partial charge is 0.388 e. The summed E-state index contributed by atoms with van der Waals surface area (Å²) in [5, 5.41) is 18.6. The highest BCUT2D eigenvalue weighted by Crippen LogP contribution is 2.16. The van der Waals surface area contributed by atoms with E-state index < -0.39 is 12.2 Å². The molecular formula is C8H12N4O2. The highest BCUT2D eigenvalue weighted by molar-refractivity contribution is 5.39. The predicted molar refractivity (Wildman–Crippen MR) is 50.7 cm³/mol. The standard InChI is InChI=1S/C8H12N4O2/c9-7-1-2-10-8(11-7)12-3-5(13)6(14)4-12/h1-2,5-6,13-14H,3-4H2,(H2,9,10,11). The molecule has 2 rings (SSSR count). The van der Waals surface area contributed by atoms with Crippen LogP contribution in [0.2, 0.25) is 0 Å². The molecule has 6 nitrogen and oxygen atoms in total. The van der Waals surface area contributed by atoms with Crippen LogP contribution in [-0.2, 0) is 0 Å². The van der Waals surface area contributed by atoms with Gasteiger partial charge in [0.15, 0.2) is 0 Å². The van der Waals surface area contributed by atoms with Crippen LogP contribution in [0.25, 0.3) is 0 Å². The van der Waals surface area contributed by atoms with Gasteiger partial charge in [-0.15, -0.1) is 0 Å². The Kier molecular flexibility index (Phi) is 2.22. The minimum absolute atomic E-state index is 0.338. The van der Waals surface area contributed by atoms with Crippen molar-refractivity contribution in [2.75, 3.05) is 23.7 Å². The van der Waals surface area contributed by atoms with E-state index in [0.29, 0.717) is 24.9 Å². The quantitative estimate of drug-likeness (QED) is 0.511. The summed E-state index contributed by atoms with van der Waals surface area (Å²) in [5.41, 5.74) is 5.49. The maximum atomic E-state index is 9.32. The Balaban J connectivity index is 2.17. The van der Waals surface area contributed by atoms with Crippen LogP contribution in [0.15, 0.2) is 12.3 Å². The minimum Gasteiger partial charge on any atom is -0.388 e. The van der Waals surface area contributed by atoms with Crippen LogP contribution < -0.4 is 10.6 Å². The van der Waals surface area contributed by atoms with Crippen LogP contribution >= 0.6 is 0 Å². The van der Waals surface area contributed by atoms with E-state index >= 15 is 0 Å². The molecule has 1 aromatic heterocycles. The molecule has 76 valence electrons. The van der Waals surface area contributed by atoms with Gasteiger partial charge >= 0.3 is 0 Å². The normalized spacial score (nSPS) is 26.9. The van der Waals surface area contributed by atoms with E-state index in [2.05, 4.69) is 9.97 Å². The van der Waals surface area contributed by atoms with Crippen LogP contribution in [0.3, 0.4) is 0 Å². The predicted octanol–water partition coefficient (Wildman–Crippen LogP) is -1.40. The monoisotopic (exact) mass is 196 g/mol. The Hall–Kier alpha value is -1.40. The highest BCUT2D eigenvalue weighted by Gasteiger charge is 2.30. The summed E-state index contributed by atoms with van der Waals surface area (Å²) in [6.07, 6.45) is 0.0782. The lowest BCUT2D eigenvalue weighted by molar-refractivity contribution is 0.0572. The molecule has 0 radical (unpaired) electrons. The van der Waals surface area contributed by atoms with E-state index in [1.165, 1.54) is 0 Å². The fourth-order valence-corrected chi connectivity index (χ4v) is 1.45. The summed E-state index contributed by atoms with van der Waals surface area (Å²) in [4.78, 5) is 9.70. The SMILES string of the molecule is Nc1ccnc(N2CC(O)C(O)C2)n1. The van der Waals surface area contributed by atoms with Gasteiger partial charge in [0, 0.05) is 19.3 Å². The Morgan fingerprint density at radius 2 is 2.00 bits per heavy atom. The first-order valence-corrected chi connectivity index (χ1v) is 4.36. The first-order valence-electron chi connectivity index (χ1n) is 4.36. The maximum Gasteiger partial charge on any atom is 0.227 e. The molecule has 1 aliphatic heterocycles. The molecule has 0 amide bonds. The molecule has 6 heteroatoms. The Morgan fingerprint density at radius 1 is 1.36 bits per heavy atom.